The lowest BCUT2D eigenvalue weighted by atomic mass is 9.82. The summed E-state index contributed by atoms with van der Waals surface area (Å²) in [5.41, 5.74) is 3.50. The lowest BCUT2D eigenvalue weighted by molar-refractivity contribution is -0.185. The molecule has 0 bridgehead atoms. The first-order chi connectivity index (χ1) is 11.8. The van der Waals surface area contributed by atoms with E-state index < -0.39 is 0 Å². The van der Waals surface area contributed by atoms with E-state index in [9.17, 15) is 5.11 Å². The monoisotopic (exact) mass is 327 g/mol. The average Bonchev–Trinajstić information content (AvgIpc) is 2.66. The first kappa shape index (κ1) is 17.1. The van der Waals surface area contributed by atoms with Gasteiger partial charge in [-0.1, -0.05) is 54.6 Å². The Bertz CT molecular complexity index is 646. The summed E-state index contributed by atoms with van der Waals surface area (Å²) in [6.07, 6.45) is 0.228. The molecule has 1 unspecified atom stereocenters. The smallest absolute Gasteiger partial charge is 0.162 e. The molecule has 0 amide bonds. The molecule has 0 radical (unpaired) electrons. The van der Waals surface area contributed by atoms with Crippen LogP contribution >= 0.6 is 0 Å². The van der Waals surface area contributed by atoms with Crippen LogP contribution in [0.15, 0.2) is 54.6 Å². The van der Waals surface area contributed by atoms with Gasteiger partial charge in [-0.25, -0.2) is 0 Å². The molecule has 128 valence electrons. The lowest BCUT2D eigenvalue weighted by Gasteiger charge is -2.38. The van der Waals surface area contributed by atoms with E-state index in [0.717, 1.165) is 17.5 Å². The van der Waals surface area contributed by atoms with Crippen LogP contribution in [0, 0.1) is 5.92 Å². The van der Waals surface area contributed by atoms with Crippen LogP contribution in [0.2, 0.25) is 0 Å². The number of ether oxygens (including phenoxy) is 2. The Balaban J connectivity index is 1.97. The van der Waals surface area contributed by atoms with Crippen LogP contribution in [-0.2, 0) is 15.9 Å². The van der Waals surface area contributed by atoms with Crippen LogP contribution in [0.3, 0.4) is 0 Å². The van der Waals surface area contributed by atoms with Crippen LogP contribution in [0.1, 0.15) is 28.8 Å². The molecule has 4 heteroatoms. The van der Waals surface area contributed by atoms with Crippen molar-refractivity contribution in [3.63, 3.8) is 0 Å². The number of aliphatic hydroxyl groups is 1. The number of rotatable bonds is 6. The highest BCUT2D eigenvalue weighted by Gasteiger charge is 2.37. The Morgan fingerprint density at radius 2 is 1.88 bits per heavy atom. The predicted octanol–water partition coefficient (Wildman–Crippen LogP) is 2.84. The maximum atomic E-state index is 10.2. The lowest BCUT2D eigenvalue weighted by Crippen LogP contribution is -2.38. The molecule has 0 aliphatic carbocycles. The summed E-state index contributed by atoms with van der Waals surface area (Å²) >= 11 is 0. The van der Waals surface area contributed by atoms with E-state index in [-0.39, 0.29) is 31.0 Å². The van der Waals surface area contributed by atoms with Crippen molar-refractivity contribution in [3.05, 3.63) is 71.3 Å². The Labute approximate surface area is 143 Å². The van der Waals surface area contributed by atoms with Crippen molar-refractivity contribution in [2.75, 3.05) is 20.8 Å². The van der Waals surface area contributed by atoms with E-state index in [2.05, 4.69) is 29.6 Å². The maximum absolute atomic E-state index is 10.2. The first-order valence-electron chi connectivity index (χ1n) is 8.37. The van der Waals surface area contributed by atoms with Crippen molar-refractivity contribution >= 4 is 0 Å². The minimum Gasteiger partial charge on any atom is -0.396 e. The van der Waals surface area contributed by atoms with Gasteiger partial charge in [-0.2, -0.15) is 0 Å². The summed E-state index contributed by atoms with van der Waals surface area (Å²) in [5, 5.41) is 13.5. The molecule has 0 spiro atoms. The fraction of sp³-hybridized carbons (Fsp3) is 0.400. The molecule has 24 heavy (non-hydrogen) atoms. The number of aliphatic hydroxyl groups excluding tert-OH is 1. The number of fused-ring (bicyclic) bond motifs is 1. The van der Waals surface area contributed by atoms with E-state index in [1.807, 2.05) is 37.4 Å². The van der Waals surface area contributed by atoms with E-state index >= 15 is 0 Å². The minimum atomic E-state index is -0.285. The van der Waals surface area contributed by atoms with Gasteiger partial charge < -0.3 is 19.9 Å². The normalized spacial score (nSPS) is 22.6. The van der Waals surface area contributed by atoms with Gasteiger partial charge >= 0.3 is 0 Å². The molecule has 2 aromatic rings. The summed E-state index contributed by atoms with van der Waals surface area (Å²) in [4.78, 5) is 0. The highest BCUT2D eigenvalue weighted by Crippen LogP contribution is 2.40. The van der Waals surface area contributed by atoms with Gasteiger partial charge in [-0.05, 0) is 23.7 Å². The maximum Gasteiger partial charge on any atom is 0.162 e. The molecule has 3 rings (SSSR count). The Hall–Kier alpha value is -1.72. The average molecular weight is 327 g/mol. The molecule has 0 saturated heterocycles. The third-order valence-corrected chi connectivity index (χ3v) is 4.81. The number of benzene rings is 2. The second-order valence-electron chi connectivity index (χ2n) is 6.15. The van der Waals surface area contributed by atoms with Crippen LogP contribution in [0.5, 0.6) is 0 Å². The van der Waals surface area contributed by atoms with Gasteiger partial charge in [-0.15, -0.1) is 0 Å². The van der Waals surface area contributed by atoms with E-state index in [1.165, 1.54) is 5.56 Å². The van der Waals surface area contributed by atoms with Crippen molar-refractivity contribution in [3.8, 4) is 0 Å². The van der Waals surface area contributed by atoms with Gasteiger partial charge in [0.05, 0.1) is 12.7 Å². The topological polar surface area (TPSA) is 50.7 Å². The third-order valence-electron chi connectivity index (χ3n) is 4.81. The molecule has 2 N–H and O–H groups in total. The van der Waals surface area contributed by atoms with Gasteiger partial charge in [-0.3, -0.25) is 0 Å². The fourth-order valence-electron chi connectivity index (χ4n) is 3.60. The van der Waals surface area contributed by atoms with Gasteiger partial charge in [0, 0.05) is 25.5 Å². The van der Waals surface area contributed by atoms with Crippen molar-refractivity contribution in [2.45, 2.75) is 24.9 Å². The highest BCUT2D eigenvalue weighted by molar-refractivity contribution is 5.33. The van der Waals surface area contributed by atoms with Crippen molar-refractivity contribution in [2.24, 2.45) is 5.92 Å². The molecule has 0 aromatic heterocycles. The molecule has 4 atom stereocenters. The zero-order valence-electron chi connectivity index (χ0n) is 14.2. The van der Waals surface area contributed by atoms with Gasteiger partial charge in [0.2, 0.25) is 0 Å². The second kappa shape index (κ2) is 7.90. The SMILES string of the molecule is CN[C@H](c1ccccc1)[C@H](CO)[C@H]1OC(OC)Cc2ccccc21. The minimum absolute atomic E-state index is 0.00939. The van der Waals surface area contributed by atoms with Crippen molar-refractivity contribution in [1.82, 2.24) is 5.32 Å². The van der Waals surface area contributed by atoms with E-state index in [4.69, 9.17) is 9.47 Å². The standard InChI is InChI=1S/C20H25NO3/c1-21-19(14-8-4-3-5-9-14)17(13-22)20-16-11-7-6-10-15(16)12-18(23-2)24-20/h3-11,17-22H,12-13H2,1-2H3/t17-,18?,19+,20-/m0/s1. The van der Waals surface area contributed by atoms with Gasteiger partial charge in [0.15, 0.2) is 6.29 Å². The summed E-state index contributed by atoms with van der Waals surface area (Å²) < 4.78 is 11.7. The molecule has 1 aliphatic rings. The number of hydrogen-bond acceptors (Lipinski definition) is 4. The highest BCUT2D eigenvalue weighted by atomic mass is 16.7. The van der Waals surface area contributed by atoms with Crippen LogP contribution in [-0.4, -0.2) is 32.2 Å². The molecule has 1 aliphatic heterocycles. The molecule has 2 aromatic carbocycles. The number of methoxy groups -OCH3 is 1. The zero-order valence-corrected chi connectivity index (χ0v) is 14.2. The van der Waals surface area contributed by atoms with Crippen molar-refractivity contribution < 1.29 is 14.6 Å². The van der Waals surface area contributed by atoms with Gasteiger partial charge in [0.1, 0.15) is 0 Å². The van der Waals surface area contributed by atoms with Crippen LogP contribution in [0.25, 0.3) is 0 Å². The molecule has 0 saturated carbocycles. The van der Waals surface area contributed by atoms with Crippen LogP contribution < -0.4 is 5.32 Å². The Morgan fingerprint density at radius 1 is 1.17 bits per heavy atom. The second-order valence-corrected chi connectivity index (χ2v) is 6.15. The summed E-state index contributed by atoms with van der Waals surface area (Å²) in [6.45, 7) is 0.0236. The zero-order chi connectivity index (χ0) is 16.9. The molecular formula is C20H25NO3. The van der Waals surface area contributed by atoms with Crippen LogP contribution in [0.4, 0.5) is 0 Å². The van der Waals surface area contributed by atoms with E-state index in [1.54, 1.807) is 7.11 Å². The Morgan fingerprint density at radius 3 is 2.54 bits per heavy atom. The quantitative estimate of drug-likeness (QED) is 0.857. The number of nitrogens with one attached hydrogen (secondary N) is 1. The summed E-state index contributed by atoms with van der Waals surface area (Å²) in [7, 11) is 3.58. The predicted molar refractivity (Wildman–Crippen MR) is 93.6 cm³/mol. The summed E-state index contributed by atoms with van der Waals surface area (Å²) in [6, 6.07) is 18.4. The number of hydrogen-bond donors (Lipinski definition) is 2. The molecule has 1 heterocycles. The van der Waals surface area contributed by atoms with Gasteiger partial charge in [0.25, 0.3) is 0 Å². The van der Waals surface area contributed by atoms with Crippen molar-refractivity contribution in [1.29, 1.82) is 0 Å². The summed E-state index contributed by atoms with van der Waals surface area (Å²) in [5.74, 6) is -0.114. The Kier molecular flexibility index (Phi) is 5.63. The molecule has 0 fully saturated rings. The molecule has 4 nitrogen and oxygen atoms in total. The molecular weight excluding hydrogens is 302 g/mol. The fourth-order valence-corrected chi connectivity index (χ4v) is 3.60. The van der Waals surface area contributed by atoms with E-state index in [0.29, 0.717) is 0 Å². The third kappa shape index (κ3) is 3.37. The first-order valence-corrected chi connectivity index (χ1v) is 8.37. The largest absolute Gasteiger partial charge is 0.396 e.